The molecule has 0 aliphatic carbocycles. The lowest BCUT2D eigenvalue weighted by Crippen LogP contribution is -1.93. The molecule has 1 nitrogen and oxygen atoms in total. The van der Waals surface area contributed by atoms with Gasteiger partial charge in [-0.25, -0.2) is 0 Å². The first kappa shape index (κ1) is 13.0. The Labute approximate surface area is 113 Å². The molecular formula is C16H17ClO. The van der Waals surface area contributed by atoms with Crippen molar-refractivity contribution in [1.82, 2.24) is 0 Å². The minimum atomic E-state index is 0.674. The topological polar surface area (TPSA) is 9.23 Å². The first-order valence-corrected chi connectivity index (χ1v) is 6.53. The van der Waals surface area contributed by atoms with E-state index in [1.54, 1.807) is 0 Å². The molecule has 0 saturated heterocycles. The van der Waals surface area contributed by atoms with Crippen molar-refractivity contribution in [3.63, 3.8) is 0 Å². The summed E-state index contributed by atoms with van der Waals surface area (Å²) in [5.74, 6) is 2.33. The zero-order valence-corrected chi connectivity index (χ0v) is 11.4. The van der Waals surface area contributed by atoms with Gasteiger partial charge >= 0.3 is 0 Å². The standard InChI is InChI=1S/C16H17ClO/c1-12(2)11-13-3-7-15(8-4-13)18-16-9-5-14(17)6-10-16/h3-10,12H,11H2,1-2H3. The molecule has 0 heterocycles. The van der Waals surface area contributed by atoms with Gasteiger partial charge in [0, 0.05) is 5.02 Å². The summed E-state index contributed by atoms with van der Waals surface area (Å²) in [7, 11) is 0. The minimum Gasteiger partial charge on any atom is -0.457 e. The Balaban J connectivity index is 2.04. The van der Waals surface area contributed by atoms with Gasteiger partial charge in [0.1, 0.15) is 11.5 Å². The Kier molecular flexibility index (Phi) is 4.27. The zero-order valence-electron chi connectivity index (χ0n) is 10.7. The minimum absolute atomic E-state index is 0.674. The fraction of sp³-hybridized carbons (Fsp3) is 0.250. The Bertz CT molecular complexity index is 486. The molecular weight excluding hydrogens is 244 g/mol. The summed E-state index contributed by atoms with van der Waals surface area (Å²) in [6.45, 7) is 4.44. The molecule has 0 aromatic heterocycles. The summed E-state index contributed by atoms with van der Waals surface area (Å²) in [5, 5.41) is 0.717. The molecule has 0 N–H and O–H groups in total. The average molecular weight is 261 g/mol. The van der Waals surface area contributed by atoms with Gasteiger partial charge in [0.05, 0.1) is 0 Å². The van der Waals surface area contributed by atoms with Crippen LogP contribution in [-0.4, -0.2) is 0 Å². The molecule has 0 saturated carbocycles. The second-order valence-corrected chi connectivity index (χ2v) is 5.23. The van der Waals surface area contributed by atoms with Gasteiger partial charge in [-0.05, 0) is 54.3 Å². The third-order valence-electron chi connectivity index (χ3n) is 2.62. The number of halogens is 1. The maximum Gasteiger partial charge on any atom is 0.127 e. The molecule has 0 unspecified atom stereocenters. The van der Waals surface area contributed by atoms with Gasteiger partial charge in [-0.2, -0.15) is 0 Å². The maximum absolute atomic E-state index is 5.83. The highest BCUT2D eigenvalue weighted by Crippen LogP contribution is 2.23. The van der Waals surface area contributed by atoms with E-state index in [1.807, 2.05) is 36.4 Å². The van der Waals surface area contributed by atoms with Crippen molar-refractivity contribution in [3.8, 4) is 11.5 Å². The smallest absolute Gasteiger partial charge is 0.127 e. The molecule has 0 radical (unpaired) electrons. The first-order chi connectivity index (χ1) is 8.63. The van der Waals surface area contributed by atoms with Crippen LogP contribution in [0.4, 0.5) is 0 Å². The van der Waals surface area contributed by atoms with Crippen LogP contribution in [0.15, 0.2) is 48.5 Å². The molecule has 0 amide bonds. The third kappa shape index (κ3) is 3.78. The van der Waals surface area contributed by atoms with Crippen molar-refractivity contribution in [1.29, 1.82) is 0 Å². The summed E-state index contributed by atoms with van der Waals surface area (Å²) in [6, 6.07) is 15.6. The van der Waals surface area contributed by atoms with Crippen LogP contribution in [0.1, 0.15) is 19.4 Å². The Morgan fingerprint density at radius 2 is 1.39 bits per heavy atom. The molecule has 0 spiro atoms. The van der Waals surface area contributed by atoms with Gasteiger partial charge in [-0.1, -0.05) is 37.6 Å². The predicted octanol–water partition coefficient (Wildman–Crippen LogP) is 5.33. The number of rotatable bonds is 4. The number of hydrogen-bond acceptors (Lipinski definition) is 1. The summed E-state index contributed by atoms with van der Waals surface area (Å²) in [6.07, 6.45) is 1.10. The van der Waals surface area contributed by atoms with Crippen molar-refractivity contribution in [2.24, 2.45) is 5.92 Å². The van der Waals surface area contributed by atoms with Crippen LogP contribution in [0.25, 0.3) is 0 Å². The molecule has 2 rings (SSSR count). The Morgan fingerprint density at radius 3 is 1.89 bits per heavy atom. The van der Waals surface area contributed by atoms with Gasteiger partial charge in [0.2, 0.25) is 0 Å². The van der Waals surface area contributed by atoms with E-state index in [-0.39, 0.29) is 0 Å². The maximum atomic E-state index is 5.83. The predicted molar refractivity (Wildman–Crippen MR) is 76.5 cm³/mol. The average Bonchev–Trinajstić information content (AvgIpc) is 2.34. The molecule has 2 aromatic carbocycles. The molecule has 0 aliphatic heterocycles. The Hall–Kier alpha value is -1.47. The van der Waals surface area contributed by atoms with Gasteiger partial charge in [-0.3, -0.25) is 0 Å². The van der Waals surface area contributed by atoms with Crippen molar-refractivity contribution in [2.45, 2.75) is 20.3 Å². The number of hydrogen-bond donors (Lipinski definition) is 0. The zero-order chi connectivity index (χ0) is 13.0. The SMILES string of the molecule is CC(C)Cc1ccc(Oc2ccc(Cl)cc2)cc1. The highest BCUT2D eigenvalue weighted by atomic mass is 35.5. The van der Waals surface area contributed by atoms with Crippen molar-refractivity contribution in [3.05, 3.63) is 59.1 Å². The second kappa shape index (κ2) is 5.92. The molecule has 94 valence electrons. The van der Waals surface area contributed by atoms with E-state index in [4.69, 9.17) is 16.3 Å². The normalized spacial score (nSPS) is 10.7. The molecule has 2 aromatic rings. The Morgan fingerprint density at radius 1 is 0.889 bits per heavy atom. The first-order valence-electron chi connectivity index (χ1n) is 6.16. The molecule has 0 aliphatic rings. The lowest BCUT2D eigenvalue weighted by molar-refractivity contribution is 0.482. The van der Waals surface area contributed by atoms with E-state index in [0.717, 1.165) is 22.9 Å². The summed E-state index contributed by atoms with van der Waals surface area (Å²) < 4.78 is 5.73. The molecule has 0 fully saturated rings. The van der Waals surface area contributed by atoms with E-state index in [1.165, 1.54) is 5.56 Å². The molecule has 0 atom stereocenters. The van der Waals surface area contributed by atoms with E-state index in [0.29, 0.717) is 5.92 Å². The summed E-state index contributed by atoms with van der Waals surface area (Å²) >= 11 is 5.83. The van der Waals surface area contributed by atoms with Crippen LogP contribution >= 0.6 is 11.6 Å². The highest BCUT2D eigenvalue weighted by Gasteiger charge is 2.00. The molecule has 18 heavy (non-hydrogen) atoms. The fourth-order valence-electron chi connectivity index (χ4n) is 1.80. The lowest BCUT2D eigenvalue weighted by Gasteiger charge is -2.08. The van der Waals surface area contributed by atoms with Crippen LogP contribution < -0.4 is 4.74 Å². The van der Waals surface area contributed by atoms with Crippen LogP contribution in [0.2, 0.25) is 5.02 Å². The van der Waals surface area contributed by atoms with Gasteiger partial charge in [0.25, 0.3) is 0 Å². The monoisotopic (exact) mass is 260 g/mol. The van der Waals surface area contributed by atoms with Crippen molar-refractivity contribution in [2.75, 3.05) is 0 Å². The molecule has 2 heteroatoms. The van der Waals surface area contributed by atoms with Crippen molar-refractivity contribution < 1.29 is 4.74 Å². The van der Waals surface area contributed by atoms with Gasteiger partial charge in [0.15, 0.2) is 0 Å². The number of benzene rings is 2. The van der Waals surface area contributed by atoms with E-state index >= 15 is 0 Å². The van der Waals surface area contributed by atoms with Crippen LogP contribution in [0.5, 0.6) is 11.5 Å². The van der Waals surface area contributed by atoms with Crippen LogP contribution in [-0.2, 0) is 6.42 Å². The van der Waals surface area contributed by atoms with Crippen LogP contribution in [0, 0.1) is 5.92 Å². The van der Waals surface area contributed by atoms with E-state index in [9.17, 15) is 0 Å². The number of ether oxygens (including phenoxy) is 1. The second-order valence-electron chi connectivity index (χ2n) is 4.80. The van der Waals surface area contributed by atoms with E-state index < -0.39 is 0 Å². The largest absolute Gasteiger partial charge is 0.457 e. The summed E-state index contributed by atoms with van der Waals surface area (Å²) in [4.78, 5) is 0. The molecule has 0 bridgehead atoms. The summed E-state index contributed by atoms with van der Waals surface area (Å²) in [5.41, 5.74) is 1.34. The quantitative estimate of drug-likeness (QED) is 0.722. The van der Waals surface area contributed by atoms with E-state index in [2.05, 4.69) is 26.0 Å². The van der Waals surface area contributed by atoms with Crippen molar-refractivity contribution >= 4 is 11.6 Å². The van der Waals surface area contributed by atoms with Gasteiger partial charge < -0.3 is 4.74 Å². The lowest BCUT2D eigenvalue weighted by atomic mass is 10.0. The van der Waals surface area contributed by atoms with Crippen LogP contribution in [0.3, 0.4) is 0 Å². The fourth-order valence-corrected chi connectivity index (χ4v) is 1.93. The van der Waals surface area contributed by atoms with Gasteiger partial charge in [-0.15, -0.1) is 0 Å². The highest BCUT2D eigenvalue weighted by molar-refractivity contribution is 6.30. The third-order valence-corrected chi connectivity index (χ3v) is 2.87.